The Kier molecular flexibility index (Phi) is 3.29. The maximum Gasteiger partial charge on any atom is 0.225 e. The highest BCUT2D eigenvalue weighted by atomic mass is 16.2. The minimum absolute atomic E-state index is 0.311. The smallest absolute Gasteiger partial charge is 0.225 e. The SMILES string of the molecule is O=C(C1CC1)N1CCN(c2[nH]ncc2-c2ccncc2)CC1. The molecule has 22 heavy (non-hydrogen) atoms. The molecular formula is C16H19N5O. The van der Waals surface area contributed by atoms with Crippen LogP contribution in [0.15, 0.2) is 30.7 Å². The highest BCUT2D eigenvalue weighted by molar-refractivity contribution is 5.81. The number of hydrogen-bond donors (Lipinski definition) is 1. The Balaban J connectivity index is 1.48. The second-order valence-electron chi connectivity index (χ2n) is 5.95. The van der Waals surface area contributed by atoms with Crippen molar-refractivity contribution in [1.29, 1.82) is 0 Å². The third-order valence-corrected chi connectivity index (χ3v) is 4.44. The lowest BCUT2D eigenvalue weighted by molar-refractivity contribution is -0.132. The molecule has 1 aliphatic heterocycles. The van der Waals surface area contributed by atoms with Crippen molar-refractivity contribution in [2.45, 2.75) is 12.8 Å². The van der Waals surface area contributed by atoms with Crippen LogP contribution in [-0.2, 0) is 4.79 Å². The summed E-state index contributed by atoms with van der Waals surface area (Å²) in [5.74, 6) is 1.69. The summed E-state index contributed by atoms with van der Waals surface area (Å²) in [6.07, 6.45) is 7.58. The molecule has 2 aliphatic rings. The van der Waals surface area contributed by atoms with Gasteiger partial charge < -0.3 is 9.80 Å². The summed E-state index contributed by atoms with van der Waals surface area (Å²) in [6.45, 7) is 3.28. The second-order valence-corrected chi connectivity index (χ2v) is 5.95. The van der Waals surface area contributed by atoms with Crippen LogP contribution in [0, 0.1) is 5.92 Å². The third kappa shape index (κ3) is 2.45. The van der Waals surface area contributed by atoms with E-state index in [2.05, 4.69) is 20.1 Å². The van der Waals surface area contributed by atoms with Crippen molar-refractivity contribution < 1.29 is 4.79 Å². The molecule has 0 aromatic carbocycles. The average molecular weight is 297 g/mol. The van der Waals surface area contributed by atoms with Gasteiger partial charge in [0.05, 0.1) is 6.20 Å². The fourth-order valence-corrected chi connectivity index (χ4v) is 3.00. The number of rotatable bonds is 3. The number of nitrogens with zero attached hydrogens (tertiary/aromatic N) is 4. The topological polar surface area (TPSA) is 65.1 Å². The van der Waals surface area contributed by atoms with Gasteiger partial charge in [-0.1, -0.05) is 0 Å². The van der Waals surface area contributed by atoms with Gasteiger partial charge in [-0.05, 0) is 30.5 Å². The summed E-state index contributed by atoms with van der Waals surface area (Å²) in [5, 5.41) is 7.30. The molecular weight excluding hydrogens is 278 g/mol. The number of nitrogens with one attached hydrogen (secondary N) is 1. The van der Waals surface area contributed by atoms with E-state index in [1.807, 2.05) is 23.2 Å². The Morgan fingerprint density at radius 2 is 1.86 bits per heavy atom. The van der Waals surface area contributed by atoms with Crippen LogP contribution in [0.5, 0.6) is 0 Å². The van der Waals surface area contributed by atoms with Crippen molar-refractivity contribution >= 4 is 11.7 Å². The van der Waals surface area contributed by atoms with Gasteiger partial charge in [0, 0.05) is 50.1 Å². The predicted octanol–water partition coefficient (Wildman–Crippen LogP) is 1.53. The Morgan fingerprint density at radius 1 is 1.14 bits per heavy atom. The number of aromatic amines is 1. The molecule has 3 heterocycles. The molecule has 0 radical (unpaired) electrons. The number of hydrogen-bond acceptors (Lipinski definition) is 4. The van der Waals surface area contributed by atoms with E-state index in [-0.39, 0.29) is 0 Å². The fraction of sp³-hybridized carbons (Fsp3) is 0.438. The molecule has 1 saturated carbocycles. The van der Waals surface area contributed by atoms with Gasteiger partial charge in [0.25, 0.3) is 0 Å². The first-order chi connectivity index (χ1) is 10.8. The molecule has 0 atom stereocenters. The molecule has 0 bridgehead atoms. The normalized spacial score (nSPS) is 18.5. The zero-order valence-corrected chi connectivity index (χ0v) is 12.4. The number of aromatic nitrogens is 3. The molecule has 1 amide bonds. The summed E-state index contributed by atoms with van der Waals surface area (Å²) >= 11 is 0. The molecule has 6 nitrogen and oxygen atoms in total. The summed E-state index contributed by atoms with van der Waals surface area (Å²) in [5.41, 5.74) is 2.19. The van der Waals surface area contributed by atoms with E-state index in [0.717, 1.165) is 56.0 Å². The maximum atomic E-state index is 12.1. The number of H-pyrrole nitrogens is 1. The van der Waals surface area contributed by atoms with Crippen molar-refractivity contribution in [2.24, 2.45) is 5.92 Å². The Morgan fingerprint density at radius 3 is 2.55 bits per heavy atom. The molecule has 1 N–H and O–H groups in total. The number of anilines is 1. The van der Waals surface area contributed by atoms with Crippen LogP contribution in [-0.4, -0.2) is 52.2 Å². The molecule has 6 heteroatoms. The van der Waals surface area contributed by atoms with Crippen molar-refractivity contribution in [3.05, 3.63) is 30.7 Å². The zero-order chi connectivity index (χ0) is 14.9. The van der Waals surface area contributed by atoms with Gasteiger partial charge in [-0.25, -0.2) is 0 Å². The van der Waals surface area contributed by atoms with Crippen molar-refractivity contribution in [3.63, 3.8) is 0 Å². The molecule has 0 spiro atoms. The number of amides is 1. The van der Waals surface area contributed by atoms with Crippen LogP contribution in [0.1, 0.15) is 12.8 Å². The van der Waals surface area contributed by atoms with Crippen molar-refractivity contribution in [1.82, 2.24) is 20.1 Å². The van der Waals surface area contributed by atoms with Crippen LogP contribution in [0.25, 0.3) is 11.1 Å². The maximum absolute atomic E-state index is 12.1. The predicted molar refractivity (Wildman–Crippen MR) is 83.3 cm³/mol. The van der Waals surface area contributed by atoms with Crippen molar-refractivity contribution in [2.75, 3.05) is 31.1 Å². The van der Waals surface area contributed by atoms with Crippen molar-refractivity contribution in [3.8, 4) is 11.1 Å². The second kappa shape index (κ2) is 5.44. The molecule has 2 fully saturated rings. The monoisotopic (exact) mass is 297 g/mol. The van der Waals surface area contributed by atoms with Gasteiger partial charge in [0.2, 0.25) is 5.91 Å². The van der Waals surface area contributed by atoms with E-state index in [1.54, 1.807) is 12.4 Å². The average Bonchev–Trinajstić information content (AvgIpc) is 3.32. The molecule has 114 valence electrons. The number of carbonyl (C=O) groups is 1. The first kappa shape index (κ1) is 13.3. The summed E-state index contributed by atoms with van der Waals surface area (Å²) < 4.78 is 0. The van der Waals surface area contributed by atoms with Gasteiger partial charge in [-0.3, -0.25) is 14.9 Å². The molecule has 1 saturated heterocycles. The minimum Gasteiger partial charge on any atom is -0.353 e. The van der Waals surface area contributed by atoms with Crippen LogP contribution in [0.4, 0.5) is 5.82 Å². The molecule has 2 aromatic heterocycles. The molecule has 2 aromatic rings. The van der Waals surface area contributed by atoms with Gasteiger partial charge in [-0.2, -0.15) is 5.10 Å². The van der Waals surface area contributed by atoms with E-state index in [0.29, 0.717) is 11.8 Å². The number of piperazine rings is 1. The molecule has 1 aliphatic carbocycles. The lowest BCUT2D eigenvalue weighted by Gasteiger charge is -2.35. The first-order valence-corrected chi connectivity index (χ1v) is 7.80. The van der Waals surface area contributed by atoms with Gasteiger partial charge >= 0.3 is 0 Å². The van der Waals surface area contributed by atoms with E-state index >= 15 is 0 Å². The van der Waals surface area contributed by atoms with Crippen LogP contribution >= 0.6 is 0 Å². The number of pyridine rings is 1. The standard InChI is InChI=1S/C16H19N5O/c22-16(13-1-2-13)21-9-7-20(8-10-21)15-14(11-18-19-15)12-3-5-17-6-4-12/h3-6,11,13H,1-2,7-10H2,(H,18,19). The molecule has 0 unspecified atom stereocenters. The van der Waals surface area contributed by atoms with Crippen LogP contribution in [0.2, 0.25) is 0 Å². The van der Waals surface area contributed by atoms with E-state index in [9.17, 15) is 4.79 Å². The highest BCUT2D eigenvalue weighted by Crippen LogP contribution is 2.32. The minimum atomic E-state index is 0.311. The summed E-state index contributed by atoms with van der Waals surface area (Å²) in [6, 6.07) is 3.97. The summed E-state index contributed by atoms with van der Waals surface area (Å²) in [7, 11) is 0. The lowest BCUT2D eigenvalue weighted by atomic mass is 10.1. The first-order valence-electron chi connectivity index (χ1n) is 7.80. The largest absolute Gasteiger partial charge is 0.353 e. The van der Waals surface area contributed by atoms with Crippen LogP contribution in [0.3, 0.4) is 0 Å². The van der Waals surface area contributed by atoms with E-state index in [4.69, 9.17) is 0 Å². The Labute approximate surface area is 129 Å². The van der Waals surface area contributed by atoms with Gasteiger partial charge in [0.15, 0.2) is 0 Å². The Bertz CT molecular complexity index is 656. The van der Waals surface area contributed by atoms with Crippen LogP contribution < -0.4 is 4.90 Å². The highest BCUT2D eigenvalue weighted by Gasteiger charge is 2.34. The summed E-state index contributed by atoms with van der Waals surface area (Å²) in [4.78, 5) is 20.5. The quantitative estimate of drug-likeness (QED) is 0.933. The van der Waals surface area contributed by atoms with Gasteiger partial charge in [-0.15, -0.1) is 0 Å². The van der Waals surface area contributed by atoms with Gasteiger partial charge in [0.1, 0.15) is 5.82 Å². The Hall–Kier alpha value is -2.37. The number of carbonyl (C=O) groups excluding carboxylic acids is 1. The van der Waals surface area contributed by atoms with E-state index in [1.165, 1.54) is 0 Å². The molecule has 4 rings (SSSR count). The fourth-order valence-electron chi connectivity index (χ4n) is 3.00. The third-order valence-electron chi connectivity index (χ3n) is 4.44. The zero-order valence-electron chi connectivity index (χ0n) is 12.4. The van der Waals surface area contributed by atoms with E-state index < -0.39 is 0 Å². The lowest BCUT2D eigenvalue weighted by Crippen LogP contribution is -2.49.